The van der Waals surface area contributed by atoms with Gasteiger partial charge in [-0.3, -0.25) is 0 Å². The molecule has 1 aromatic rings. The molecular weight excluding hydrogens is 354 g/mol. The first-order valence-corrected chi connectivity index (χ1v) is 10.5. The first-order valence-electron chi connectivity index (χ1n) is 9.02. The van der Waals surface area contributed by atoms with E-state index >= 15 is 0 Å². The number of amides is 2. The Morgan fingerprint density at radius 1 is 1.35 bits per heavy atom. The summed E-state index contributed by atoms with van der Waals surface area (Å²) < 4.78 is 31.4. The zero-order valence-corrected chi connectivity index (χ0v) is 16.1. The van der Waals surface area contributed by atoms with Crippen molar-refractivity contribution in [1.82, 2.24) is 9.62 Å². The second-order valence-electron chi connectivity index (χ2n) is 7.39. The fourth-order valence-corrected chi connectivity index (χ4v) is 4.53. The second-order valence-corrected chi connectivity index (χ2v) is 9.55. The zero-order valence-electron chi connectivity index (χ0n) is 15.3. The number of benzene rings is 1. The molecule has 2 N–H and O–H groups in total. The molecule has 0 unspecified atom stereocenters. The van der Waals surface area contributed by atoms with Gasteiger partial charge < -0.3 is 15.4 Å². The van der Waals surface area contributed by atoms with Crippen LogP contribution in [-0.2, 0) is 14.8 Å². The number of ether oxygens (including phenoxy) is 1. The van der Waals surface area contributed by atoms with Crippen molar-refractivity contribution in [2.24, 2.45) is 5.92 Å². The normalized spacial score (nSPS) is 22.0. The first-order chi connectivity index (χ1) is 12.3. The van der Waals surface area contributed by atoms with Gasteiger partial charge in [0.15, 0.2) is 0 Å². The highest BCUT2D eigenvalue weighted by Crippen LogP contribution is 2.44. The molecule has 2 fully saturated rings. The molecule has 1 atom stereocenters. The van der Waals surface area contributed by atoms with Crippen LogP contribution in [0.3, 0.4) is 0 Å². The minimum absolute atomic E-state index is 0.0654. The van der Waals surface area contributed by atoms with Gasteiger partial charge in [-0.2, -0.15) is 0 Å². The SMILES string of the molecule is CN(C)S(=O)(=O)c1cccc(NC(=O)NC[C@H]2CCOC3(CCC3)C2)c1. The van der Waals surface area contributed by atoms with Gasteiger partial charge in [-0.15, -0.1) is 0 Å². The van der Waals surface area contributed by atoms with E-state index in [0.29, 0.717) is 18.2 Å². The molecule has 0 bridgehead atoms. The number of urea groups is 1. The van der Waals surface area contributed by atoms with Crippen LogP contribution in [0.25, 0.3) is 0 Å². The predicted octanol–water partition coefficient (Wildman–Crippen LogP) is 2.41. The van der Waals surface area contributed by atoms with E-state index in [2.05, 4.69) is 10.6 Å². The van der Waals surface area contributed by atoms with Gasteiger partial charge in [0, 0.05) is 32.9 Å². The van der Waals surface area contributed by atoms with E-state index in [-0.39, 0.29) is 16.5 Å². The maximum atomic E-state index is 12.2. The van der Waals surface area contributed by atoms with Crippen LogP contribution in [-0.4, -0.2) is 51.6 Å². The van der Waals surface area contributed by atoms with Crippen LogP contribution in [0, 0.1) is 5.92 Å². The van der Waals surface area contributed by atoms with Crippen molar-refractivity contribution in [2.45, 2.75) is 42.6 Å². The summed E-state index contributed by atoms with van der Waals surface area (Å²) in [5, 5.41) is 5.62. The summed E-state index contributed by atoms with van der Waals surface area (Å²) in [7, 11) is -0.572. The number of hydrogen-bond acceptors (Lipinski definition) is 4. The Balaban J connectivity index is 1.54. The first kappa shape index (κ1) is 19.1. The van der Waals surface area contributed by atoms with Crippen molar-refractivity contribution >= 4 is 21.7 Å². The number of carbonyl (C=O) groups is 1. The second kappa shape index (κ2) is 7.54. The van der Waals surface area contributed by atoms with Crippen LogP contribution in [0.2, 0.25) is 0 Å². The molecule has 26 heavy (non-hydrogen) atoms. The van der Waals surface area contributed by atoms with Crippen LogP contribution >= 0.6 is 0 Å². The molecule has 7 nitrogen and oxygen atoms in total. The van der Waals surface area contributed by atoms with Gasteiger partial charge in [0.25, 0.3) is 0 Å². The standard InChI is InChI=1S/C18H27N3O4S/c1-21(2)26(23,24)16-6-3-5-15(11-16)20-17(22)19-13-14-7-10-25-18(12-14)8-4-9-18/h3,5-6,11,14H,4,7-10,12-13H2,1-2H3,(H2,19,20,22)/t14-/m0/s1. The summed E-state index contributed by atoms with van der Waals surface area (Å²) in [5.74, 6) is 0.426. The lowest BCUT2D eigenvalue weighted by Crippen LogP contribution is -2.47. The van der Waals surface area contributed by atoms with Gasteiger partial charge in [0.2, 0.25) is 10.0 Å². The molecule has 1 heterocycles. The van der Waals surface area contributed by atoms with Crippen LogP contribution in [0.5, 0.6) is 0 Å². The van der Waals surface area contributed by atoms with E-state index in [0.717, 1.165) is 36.6 Å². The maximum absolute atomic E-state index is 12.2. The molecule has 1 saturated carbocycles. The van der Waals surface area contributed by atoms with Gasteiger partial charge in [-0.25, -0.2) is 17.5 Å². The van der Waals surface area contributed by atoms with Gasteiger partial charge >= 0.3 is 6.03 Å². The number of carbonyl (C=O) groups excluding carboxylic acids is 1. The fourth-order valence-electron chi connectivity index (χ4n) is 3.58. The average Bonchev–Trinajstić information content (AvgIpc) is 2.59. The molecule has 8 heteroatoms. The van der Waals surface area contributed by atoms with E-state index in [1.807, 2.05) is 0 Å². The molecule has 3 rings (SSSR count). The van der Waals surface area contributed by atoms with Crippen LogP contribution in [0.1, 0.15) is 32.1 Å². The van der Waals surface area contributed by atoms with E-state index in [4.69, 9.17) is 4.74 Å². The lowest BCUT2D eigenvalue weighted by Gasteiger charge is -2.47. The smallest absolute Gasteiger partial charge is 0.319 e. The summed E-state index contributed by atoms with van der Waals surface area (Å²) >= 11 is 0. The molecule has 0 aromatic heterocycles. The van der Waals surface area contributed by atoms with E-state index in [1.165, 1.54) is 32.6 Å². The molecule has 0 radical (unpaired) electrons. The number of nitrogens with one attached hydrogen (secondary N) is 2. The fraction of sp³-hybridized carbons (Fsp3) is 0.611. The summed E-state index contributed by atoms with van der Waals surface area (Å²) in [4.78, 5) is 12.3. The third kappa shape index (κ3) is 4.19. The van der Waals surface area contributed by atoms with Crippen LogP contribution in [0.4, 0.5) is 10.5 Å². The van der Waals surface area contributed by atoms with Crippen molar-refractivity contribution in [2.75, 3.05) is 32.6 Å². The highest BCUT2D eigenvalue weighted by atomic mass is 32.2. The van der Waals surface area contributed by atoms with Gasteiger partial charge in [0.1, 0.15) is 0 Å². The third-order valence-electron chi connectivity index (χ3n) is 5.28. The summed E-state index contributed by atoms with van der Waals surface area (Å²) in [6, 6.07) is 5.95. The summed E-state index contributed by atoms with van der Waals surface area (Å²) in [6.45, 7) is 1.37. The molecule has 1 saturated heterocycles. The molecule has 1 aromatic carbocycles. The largest absolute Gasteiger partial charge is 0.375 e. The van der Waals surface area contributed by atoms with Crippen molar-refractivity contribution in [3.8, 4) is 0 Å². The Morgan fingerprint density at radius 2 is 2.12 bits per heavy atom. The van der Waals surface area contributed by atoms with E-state index < -0.39 is 10.0 Å². The lowest BCUT2D eigenvalue weighted by molar-refractivity contribution is -0.142. The molecule has 1 aliphatic heterocycles. The number of hydrogen-bond donors (Lipinski definition) is 2. The maximum Gasteiger partial charge on any atom is 0.319 e. The van der Waals surface area contributed by atoms with E-state index in [9.17, 15) is 13.2 Å². The quantitative estimate of drug-likeness (QED) is 0.820. The number of anilines is 1. The zero-order chi connectivity index (χ0) is 18.8. The summed E-state index contributed by atoms with van der Waals surface area (Å²) in [5.41, 5.74) is 0.517. The molecular formula is C18H27N3O4S. The predicted molar refractivity (Wildman–Crippen MR) is 99.6 cm³/mol. The molecule has 144 valence electrons. The highest BCUT2D eigenvalue weighted by Gasteiger charge is 2.42. The number of rotatable bonds is 5. The Bertz CT molecular complexity index is 759. The number of sulfonamides is 1. The molecule has 1 aliphatic carbocycles. The van der Waals surface area contributed by atoms with Crippen LogP contribution in [0.15, 0.2) is 29.2 Å². The van der Waals surface area contributed by atoms with Gasteiger partial charge in [-0.05, 0) is 56.2 Å². The Morgan fingerprint density at radius 3 is 2.77 bits per heavy atom. The van der Waals surface area contributed by atoms with E-state index in [1.54, 1.807) is 12.1 Å². The lowest BCUT2D eigenvalue weighted by atomic mass is 9.72. The van der Waals surface area contributed by atoms with Crippen molar-refractivity contribution in [1.29, 1.82) is 0 Å². The number of nitrogens with zero attached hydrogens (tertiary/aromatic N) is 1. The Hall–Kier alpha value is -1.64. The monoisotopic (exact) mass is 381 g/mol. The van der Waals surface area contributed by atoms with Crippen molar-refractivity contribution in [3.05, 3.63) is 24.3 Å². The summed E-state index contributed by atoms with van der Waals surface area (Å²) in [6.07, 6.45) is 5.45. The minimum Gasteiger partial charge on any atom is -0.375 e. The molecule has 2 amide bonds. The minimum atomic E-state index is -3.53. The van der Waals surface area contributed by atoms with Gasteiger partial charge in [-0.1, -0.05) is 6.07 Å². The Labute approximate surface area is 155 Å². The van der Waals surface area contributed by atoms with Crippen molar-refractivity contribution < 1.29 is 17.9 Å². The van der Waals surface area contributed by atoms with Gasteiger partial charge in [0.05, 0.1) is 10.5 Å². The molecule has 2 aliphatic rings. The van der Waals surface area contributed by atoms with Crippen molar-refractivity contribution in [3.63, 3.8) is 0 Å². The average molecular weight is 381 g/mol. The topological polar surface area (TPSA) is 87.7 Å². The molecule has 1 spiro atoms. The third-order valence-corrected chi connectivity index (χ3v) is 7.09. The highest BCUT2D eigenvalue weighted by molar-refractivity contribution is 7.89. The van der Waals surface area contributed by atoms with Crippen LogP contribution < -0.4 is 10.6 Å². The Kier molecular flexibility index (Phi) is 5.55.